The molecular weight excluding hydrogens is 380 g/mol. The van der Waals surface area contributed by atoms with Crippen LogP contribution >= 0.6 is 15.9 Å². The maximum Gasteiger partial charge on any atom is 0.224 e. The van der Waals surface area contributed by atoms with Gasteiger partial charge >= 0.3 is 0 Å². The van der Waals surface area contributed by atoms with Crippen LogP contribution in [0.15, 0.2) is 59.2 Å². The van der Waals surface area contributed by atoms with Gasteiger partial charge in [-0.3, -0.25) is 0 Å². The van der Waals surface area contributed by atoms with Crippen molar-refractivity contribution in [1.82, 2.24) is 9.97 Å². The summed E-state index contributed by atoms with van der Waals surface area (Å²) in [4.78, 5) is 8.78. The van der Waals surface area contributed by atoms with Crippen molar-refractivity contribution < 1.29 is 4.74 Å². The molecule has 6 heteroatoms. The quantitative estimate of drug-likeness (QED) is 0.617. The molecule has 0 aliphatic heterocycles. The van der Waals surface area contributed by atoms with Crippen LogP contribution in [0.4, 0.5) is 17.5 Å². The third kappa shape index (κ3) is 4.70. The van der Waals surface area contributed by atoms with Crippen molar-refractivity contribution >= 4 is 33.4 Å². The Kier molecular flexibility index (Phi) is 5.50. The van der Waals surface area contributed by atoms with E-state index in [0.29, 0.717) is 12.5 Å². The number of aromatic nitrogens is 2. The van der Waals surface area contributed by atoms with E-state index in [1.165, 1.54) is 0 Å². The monoisotopic (exact) mass is 398 g/mol. The first-order valence-electron chi connectivity index (χ1n) is 7.87. The highest BCUT2D eigenvalue weighted by Crippen LogP contribution is 2.23. The number of halogens is 1. The standard InChI is InChI=1S/C19H19BrN4O/c1-13-11-15(20)5-8-17(13)23-18-9-10-21-19(24-18)22-12-14-3-6-16(25-2)7-4-14/h3-11H,12H2,1-2H3,(H2,21,22,23,24). The second-order valence-electron chi connectivity index (χ2n) is 5.55. The Balaban J connectivity index is 1.66. The summed E-state index contributed by atoms with van der Waals surface area (Å²) >= 11 is 3.47. The van der Waals surface area contributed by atoms with Crippen LogP contribution in [0, 0.1) is 6.92 Å². The van der Waals surface area contributed by atoms with E-state index in [1.807, 2.05) is 42.5 Å². The normalized spacial score (nSPS) is 10.4. The van der Waals surface area contributed by atoms with E-state index in [4.69, 9.17) is 4.74 Å². The van der Waals surface area contributed by atoms with Gasteiger partial charge < -0.3 is 15.4 Å². The van der Waals surface area contributed by atoms with Crippen LogP contribution in [-0.2, 0) is 6.54 Å². The number of benzene rings is 2. The van der Waals surface area contributed by atoms with Crippen molar-refractivity contribution in [1.29, 1.82) is 0 Å². The Labute approximate surface area is 155 Å². The zero-order valence-electron chi connectivity index (χ0n) is 14.1. The van der Waals surface area contributed by atoms with Gasteiger partial charge in [0.1, 0.15) is 11.6 Å². The molecule has 0 aliphatic rings. The number of methoxy groups -OCH3 is 1. The number of hydrogen-bond acceptors (Lipinski definition) is 5. The van der Waals surface area contributed by atoms with E-state index < -0.39 is 0 Å². The lowest BCUT2D eigenvalue weighted by molar-refractivity contribution is 0.414. The molecule has 0 atom stereocenters. The predicted octanol–water partition coefficient (Wildman–Crippen LogP) is 4.91. The van der Waals surface area contributed by atoms with Gasteiger partial charge in [-0.2, -0.15) is 4.98 Å². The van der Waals surface area contributed by atoms with Crippen molar-refractivity contribution in [2.75, 3.05) is 17.7 Å². The second kappa shape index (κ2) is 7.98. The van der Waals surface area contributed by atoms with E-state index in [0.717, 1.165) is 32.9 Å². The molecule has 0 amide bonds. The van der Waals surface area contributed by atoms with Crippen molar-refractivity contribution in [2.45, 2.75) is 13.5 Å². The number of ether oxygens (including phenoxy) is 1. The van der Waals surface area contributed by atoms with E-state index in [2.05, 4.69) is 49.5 Å². The fourth-order valence-electron chi connectivity index (χ4n) is 2.34. The van der Waals surface area contributed by atoms with Gasteiger partial charge in [-0.25, -0.2) is 4.98 Å². The third-order valence-electron chi connectivity index (χ3n) is 3.72. The van der Waals surface area contributed by atoms with Gasteiger partial charge in [-0.15, -0.1) is 0 Å². The van der Waals surface area contributed by atoms with E-state index in [9.17, 15) is 0 Å². The molecule has 2 N–H and O–H groups in total. The fraction of sp³-hybridized carbons (Fsp3) is 0.158. The highest BCUT2D eigenvalue weighted by molar-refractivity contribution is 9.10. The number of nitrogens with zero attached hydrogens (tertiary/aromatic N) is 2. The summed E-state index contributed by atoms with van der Waals surface area (Å²) in [5.74, 6) is 2.17. The van der Waals surface area contributed by atoms with Gasteiger partial charge in [0.15, 0.2) is 0 Å². The molecule has 1 heterocycles. The smallest absolute Gasteiger partial charge is 0.224 e. The number of hydrogen-bond donors (Lipinski definition) is 2. The maximum absolute atomic E-state index is 5.16. The Morgan fingerprint density at radius 1 is 1.08 bits per heavy atom. The van der Waals surface area contributed by atoms with Crippen molar-refractivity contribution in [3.8, 4) is 5.75 Å². The minimum atomic E-state index is 0.579. The number of anilines is 3. The van der Waals surface area contributed by atoms with Crippen LogP contribution in [0.3, 0.4) is 0 Å². The summed E-state index contributed by atoms with van der Waals surface area (Å²) in [6.45, 7) is 2.70. The van der Waals surface area contributed by atoms with Gasteiger partial charge in [0.25, 0.3) is 0 Å². The molecule has 25 heavy (non-hydrogen) atoms. The molecule has 128 valence electrons. The van der Waals surface area contributed by atoms with Gasteiger partial charge in [0, 0.05) is 22.9 Å². The Morgan fingerprint density at radius 3 is 2.60 bits per heavy atom. The van der Waals surface area contributed by atoms with Gasteiger partial charge in [-0.1, -0.05) is 28.1 Å². The summed E-state index contributed by atoms with van der Waals surface area (Å²) in [5.41, 5.74) is 3.29. The highest BCUT2D eigenvalue weighted by Gasteiger charge is 2.03. The first-order valence-corrected chi connectivity index (χ1v) is 8.66. The van der Waals surface area contributed by atoms with Crippen LogP contribution < -0.4 is 15.4 Å². The molecular formula is C19H19BrN4O. The molecule has 0 radical (unpaired) electrons. The van der Waals surface area contributed by atoms with Crippen LogP contribution in [0.2, 0.25) is 0 Å². The van der Waals surface area contributed by atoms with Crippen LogP contribution in [0.1, 0.15) is 11.1 Å². The Hall–Kier alpha value is -2.60. The predicted molar refractivity (Wildman–Crippen MR) is 105 cm³/mol. The SMILES string of the molecule is COc1ccc(CNc2nccc(Nc3ccc(Br)cc3C)n2)cc1. The lowest BCUT2D eigenvalue weighted by Crippen LogP contribution is -2.05. The Bertz CT molecular complexity index is 852. The first kappa shape index (κ1) is 17.2. The van der Waals surface area contributed by atoms with Gasteiger partial charge in [-0.05, 0) is 54.4 Å². The average molecular weight is 399 g/mol. The fourth-order valence-corrected chi connectivity index (χ4v) is 2.82. The van der Waals surface area contributed by atoms with Crippen LogP contribution in [-0.4, -0.2) is 17.1 Å². The van der Waals surface area contributed by atoms with Crippen LogP contribution in [0.5, 0.6) is 5.75 Å². The lowest BCUT2D eigenvalue weighted by Gasteiger charge is -2.11. The summed E-state index contributed by atoms with van der Waals surface area (Å²) in [6.07, 6.45) is 1.74. The van der Waals surface area contributed by atoms with Gasteiger partial charge in [0.2, 0.25) is 5.95 Å². The largest absolute Gasteiger partial charge is 0.497 e. The van der Waals surface area contributed by atoms with Crippen molar-refractivity contribution in [2.24, 2.45) is 0 Å². The summed E-state index contributed by atoms with van der Waals surface area (Å²) in [5, 5.41) is 6.56. The number of rotatable bonds is 6. The number of aryl methyl sites for hydroxylation is 1. The lowest BCUT2D eigenvalue weighted by atomic mass is 10.2. The zero-order valence-corrected chi connectivity index (χ0v) is 15.7. The van der Waals surface area contributed by atoms with E-state index in [1.54, 1.807) is 13.3 Å². The van der Waals surface area contributed by atoms with E-state index >= 15 is 0 Å². The first-order chi connectivity index (χ1) is 12.1. The average Bonchev–Trinajstić information content (AvgIpc) is 2.63. The second-order valence-corrected chi connectivity index (χ2v) is 6.47. The third-order valence-corrected chi connectivity index (χ3v) is 4.21. The minimum absolute atomic E-state index is 0.579. The molecule has 0 unspecified atom stereocenters. The molecule has 3 rings (SSSR count). The summed E-state index contributed by atoms with van der Waals surface area (Å²) in [7, 11) is 1.66. The number of nitrogens with one attached hydrogen (secondary N) is 2. The molecule has 0 spiro atoms. The topological polar surface area (TPSA) is 59.1 Å². The molecule has 0 saturated heterocycles. The summed E-state index contributed by atoms with van der Waals surface area (Å²) < 4.78 is 6.22. The molecule has 3 aromatic rings. The maximum atomic E-state index is 5.16. The van der Waals surface area contributed by atoms with Gasteiger partial charge in [0.05, 0.1) is 7.11 Å². The molecule has 0 aliphatic carbocycles. The molecule has 0 bridgehead atoms. The van der Waals surface area contributed by atoms with E-state index in [-0.39, 0.29) is 0 Å². The molecule has 2 aromatic carbocycles. The molecule has 1 aromatic heterocycles. The molecule has 0 saturated carbocycles. The Morgan fingerprint density at radius 2 is 1.88 bits per heavy atom. The van der Waals surface area contributed by atoms with Crippen LogP contribution in [0.25, 0.3) is 0 Å². The summed E-state index contributed by atoms with van der Waals surface area (Å²) in [6, 6.07) is 15.8. The van der Waals surface area contributed by atoms with Crippen molar-refractivity contribution in [3.63, 3.8) is 0 Å². The minimum Gasteiger partial charge on any atom is -0.497 e. The molecule has 0 fully saturated rings. The van der Waals surface area contributed by atoms with Crippen molar-refractivity contribution in [3.05, 3.63) is 70.3 Å². The zero-order chi connectivity index (χ0) is 17.6. The highest BCUT2D eigenvalue weighted by atomic mass is 79.9. The molecule has 5 nitrogen and oxygen atoms in total.